The Kier molecular flexibility index (Phi) is 4.12. The highest BCUT2D eigenvalue weighted by Gasteiger charge is 2.17. The van der Waals surface area contributed by atoms with Gasteiger partial charge in [-0.3, -0.25) is 9.69 Å². The van der Waals surface area contributed by atoms with E-state index in [1.807, 2.05) is 30.3 Å². The van der Waals surface area contributed by atoms with Crippen molar-refractivity contribution in [2.75, 3.05) is 31.5 Å². The van der Waals surface area contributed by atoms with Gasteiger partial charge >= 0.3 is 0 Å². The lowest BCUT2D eigenvalue weighted by molar-refractivity contribution is -0.117. The molecule has 1 amide bonds. The zero-order valence-electron chi connectivity index (χ0n) is 10.1. The van der Waals surface area contributed by atoms with E-state index < -0.39 is 0 Å². The molecule has 1 aromatic carbocycles. The molecule has 1 unspecified atom stereocenters. The molecule has 4 nitrogen and oxygen atoms in total. The van der Waals surface area contributed by atoms with Crippen molar-refractivity contribution in [2.45, 2.75) is 13.0 Å². The topological polar surface area (TPSA) is 44.4 Å². The summed E-state index contributed by atoms with van der Waals surface area (Å²) < 4.78 is 0. The molecule has 2 rings (SSSR count). The summed E-state index contributed by atoms with van der Waals surface area (Å²) in [7, 11) is 0. The first-order valence-corrected chi connectivity index (χ1v) is 6.04. The molecule has 1 heterocycles. The van der Waals surface area contributed by atoms with Crippen LogP contribution in [-0.2, 0) is 4.79 Å². The van der Waals surface area contributed by atoms with Crippen molar-refractivity contribution in [3.63, 3.8) is 0 Å². The molecule has 92 valence electrons. The van der Waals surface area contributed by atoms with Crippen molar-refractivity contribution in [3.8, 4) is 0 Å². The SMILES string of the molecule is CC1CN(CC(=O)Nc2ccccc2)CCN1. The van der Waals surface area contributed by atoms with E-state index >= 15 is 0 Å². The van der Waals surface area contributed by atoms with Crippen LogP contribution in [0.2, 0.25) is 0 Å². The molecular weight excluding hydrogens is 214 g/mol. The largest absolute Gasteiger partial charge is 0.325 e. The molecule has 1 fully saturated rings. The quantitative estimate of drug-likeness (QED) is 0.816. The number of hydrogen-bond donors (Lipinski definition) is 2. The molecule has 1 aliphatic heterocycles. The van der Waals surface area contributed by atoms with Crippen LogP contribution in [0.1, 0.15) is 6.92 Å². The van der Waals surface area contributed by atoms with Crippen molar-refractivity contribution in [1.82, 2.24) is 10.2 Å². The molecule has 0 radical (unpaired) electrons. The van der Waals surface area contributed by atoms with Gasteiger partial charge in [0.15, 0.2) is 0 Å². The number of amides is 1. The van der Waals surface area contributed by atoms with E-state index in [-0.39, 0.29) is 5.91 Å². The fraction of sp³-hybridized carbons (Fsp3) is 0.462. The smallest absolute Gasteiger partial charge is 0.238 e. The van der Waals surface area contributed by atoms with Gasteiger partial charge in [-0.2, -0.15) is 0 Å². The summed E-state index contributed by atoms with van der Waals surface area (Å²) in [5.74, 6) is 0.0605. The van der Waals surface area contributed by atoms with E-state index in [2.05, 4.69) is 22.5 Å². The second-order valence-corrected chi connectivity index (χ2v) is 4.50. The van der Waals surface area contributed by atoms with Crippen molar-refractivity contribution < 1.29 is 4.79 Å². The third-order valence-corrected chi connectivity index (χ3v) is 2.88. The second-order valence-electron chi connectivity index (χ2n) is 4.50. The van der Waals surface area contributed by atoms with Crippen LogP contribution >= 0.6 is 0 Å². The molecule has 0 bridgehead atoms. The van der Waals surface area contributed by atoms with E-state index in [1.54, 1.807) is 0 Å². The third kappa shape index (κ3) is 3.84. The van der Waals surface area contributed by atoms with Crippen molar-refractivity contribution in [1.29, 1.82) is 0 Å². The fourth-order valence-electron chi connectivity index (χ4n) is 2.08. The summed E-state index contributed by atoms with van der Waals surface area (Å²) >= 11 is 0. The molecule has 17 heavy (non-hydrogen) atoms. The van der Waals surface area contributed by atoms with E-state index in [0.29, 0.717) is 12.6 Å². The van der Waals surface area contributed by atoms with Crippen LogP contribution in [-0.4, -0.2) is 43.0 Å². The van der Waals surface area contributed by atoms with E-state index in [4.69, 9.17) is 0 Å². The molecule has 1 aliphatic rings. The van der Waals surface area contributed by atoms with Crippen molar-refractivity contribution >= 4 is 11.6 Å². The average molecular weight is 233 g/mol. The summed E-state index contributed by atoms with van der Waals surface area (Å²) in [4.78, 5) is 14.0. The maximum atomic E-state index is 11.8. The average Bonchev–Trinajstić information content (AvgIpc) is 2.30. The van der Waals surface area contributed by atoms with Gasteiger partial charge in [-0.05, 0) is 19.1 Å². The normalized spacial score (nSPS) is 21.1. The van der Waals surface area contributed by atoms with Gasteiger partial charge < -0.3 is 10.6 Å². The summed E-state index contributed by atoms with van der Waals surface area (Å²) in [5.41, 5.74) is 0.862. The van der Waals surface area contributed by atoms with Gasteiger partial charge in [-0.15, -0.1) is 0 Å². The van der Waals surface area contributed by atoms with Crippen molar-refractivity contribution in [2.24, 2.45) is 0 Å². The molecule has 1 aromatic rings. The molecule has 1 saturated heterocycles. The van der Waals surface area contributed by atoms with Gasteiger partial charge in [0.2, 0.25) is 5.91 Å². The maximum absolute atomic E-state index is 11.8. The molecule has 4 heteroatoms. The molecule has 0 spiro atoms. The Hall–Kier alpha value is -1.39. The molecule has 2 N–H and O–H groups in total. The van der Waals surface area contributed by atoms with Gasteiger partial charge in [0, 0.05) is 31.4 Å². The van der Waals surface area contributed by atoms with Crippen LogP contribution in [0, 0.1) is 0 Å². The number of anilines is 1. The minimum atomic E-state index is 0.0605. The van der Waals surface area contributed by atoms with Crippen LogP contribution in [0.15, 0.2) is 30.3 Å². The number of rotatable bonds is 3. The minimum Gasteiger partial charge on any atom is -0.325 e. The summed E-state index contributed by atoms with van der Waals surface area (Å²) in [5, 5.41) is 6.26. The van der Waals surface area contributed by atoms with Crippen LogP contribution in [0.25, 0.3) is 0 Å². The monoisotopic (exact) mass is 233 g/mol. The first-order chi connectivity index (χ1) is 8.24. The lowest BCUT2D eigenvalue weighted by atomic mass is 10.2. The number of para-hydroxylation sites is 1. The Morgan fingerprint density at radius 3 is 2.94 bits per heavy atom. The van der Waals surface area contributed by atoms with Crippen LogP contribution in [0.5, 0.6) is 0 Å². The molecule has 0 aromatic heterocycles. The Balaban J connectivity index is 1.81. The number of nitrogens with one attached hydrogen (secondary N) is 2. The second kappa shape index (κ2) is 5.80. The van der Waals surface area contributed by atoms with Gasteiger partial charge in [0.1, 0.15) is 0 Å². The summed E-state index contributed by atoms with van der Waals surface area (Å²) in [6.45, 7) is 5.44. The van der Waals surface area contributed by atoms with E-state index in [1.165, 1.54) is 0 Å². The van der Waals surface area contributed by atoms with Gasteiger partial charge in [-0.25, -0.2) is 0 Å². The third-order valence-electron chi connectivity index (χ3n) is 2.88. The zero-order valence-corrected chi connectivity index (χ0v) is 10.1. The zero-order chi connectivity index (χ0) is 12.1. The van der Waals surface area contributed by atoms with Gasteiger partial charge in [0.25, 0.3) is 0 Å². The predicted octanol–water partition coefficient (Wildman–Crippen LogP) is 0.919. The first kappa shape index (κ1) is 12.1. The Morgan fingerprint density at radius 1 is 1.47 bits per heavy atom. The Bertz CT molecular complexity index is 366. The number of nitrogens with zero attached hydrogens (tertiary/aromatic N) is 1. The first-order valence-electron chi connectivity index (χ1n) is 6.04. The number of hydrogen-bond acceptors (Lipinski definition) is 3. The number of piperazine rings is 1. The van der Waals surface area contributed by atoms with Crippen molar-refractivity contribution in [3.05, 3.63) is 30.3 Å². The number of carbonyl (C=O) groups excluding carboxylic acids is 1. The summed E-state index contributed by atoms with van der Waals surface area (Å²) in [6, 6.07) is 10.0. The van der Waals surface area contributed by atoms with Crippen LogP contribution < -0.4 is 10.6 Å². The van der Waals surface area contributed by atoms with E-state index in [9.17, 15) is 4.79 Å². The molecule has 0 aliphatic carbocycles. The Labute approximate surface area is 102 Å². The van der Waals surface area contributed by atoms with Gasteiger partial charge in [0.05, 0.1) is 6.54 Å². The van der Waals surface area contributed by atoms with E-state index in [0.717, 1.165) is 25.3 Å². The highest BCUT2D eigenvalue weighted by molar-refractivity contribution is 5.92. The highest BCUT2D eigenvalue weighted by Crippen LogP contribution is 2.05. The highest BCUT2D eigenvalue weighted by atomic mass is 16.2. The fourth-order valence-corrected chi connectivity index (χ4v) is 2.08. The number of carbonyl (C=O) groups is 1. The van der Waals surface area contributed by atoms with Gasteiger partial charge in [-0.1, -0.05) is 18.2 Å². The van der Waals surface area contributed by atoms with Crippen LogP contribution in [0.3, 0.4) is 0 Å². The predicted molar refractivity (Wildman–Crippen MR) is 69.0 cm³/mol. The standard InChI is InChI=1S/C13H19N3O/c1-11-9-16(8-7-14-11)10-13(17)15-12-5-3-2-4-6-12/h2-6,11,14H,7-10H2,1H3,(H,15,17). The molecule has 1 atom stereocenters. The Morgan fingerprint density at radius 2 is 2.24 bits per heavy atom. The van der Waals surface area contributed by atoms with Crippen LogP contribution in [0.4, 0.5) is 5.69 Å². The lowest BCUT2D eigenvalue weighted by Gasteiger charge is -2.31. The summed E-state index contributed by atoms with van der Waals surface area (Å²) in [6.07, 6.45) is 0. The number of benzene rings is 1. The maximum Gasteiger partial charge on any atom is 0.238 e. The molecular formula is C13H19N3O. The molecule has 0 saturated carbocycles. The minimum absolute atomic E-state index is 0.0605. The lowest BCUT2D eigenvalue weighted by Crippen LogP contribution is -2.51.